The molecule has 0 aromatic carbocycles. The molecule has 0 aliphatic heterocycles. The minimum atomic E-state index is -1.30. The van der Waals surface area contributed by atoms with Crippen LogP contribution in [-0.4, -0.2) is 48.3 Å². The highest BCUT2D eigenvalue weighted by Gasteiger charge is 2.31. The van der Waals surface area contributed by atoms with E-state index in [-0.39, 0.29) is 12.1 Å². The van der Waals surface area contributed by atoms with E-state index in [4.69, 9.17) is 15.6 Å². The molecule has 0 aromatic heterocycles. The molecule has 0 unspecified atom stereocenters. The lowest BCUT2D eigenvalue weighted by atomic mass is 9.89. The van der Waals surface area contributed by atoms with E-state index in [9.17, 15) is 14.4 Å². The van der Waals surface area contributed by atoms with E-state index in [0.717, 1.165) is 0 Å². The summed E-state index contributed by atoms with van der Waals surface area (Å²) in [6.45, 7) is 0. The van der Waals surface area contributed by atoms with Crippen LogP contribution in [0.4, 0.5) is 4.79 Å². The predicted molar refractivity (Wildman–Crippen MR) is 60.7 cm³/mol. The van der Waals surface area contributed by atoms with Crippen molar-refractivity contribution in [3.05, 3.63) is 0 Å². The average Bonchev–Trinajstić information content (AvgIpc) is 2.20. The Balaban J connectivity index is 2.33. The lowest BCUT2D eigenvalue weighted by Crippen LogP contribution is -2.54. The van der Waals surface area contributed by atoms with Gasteiger partial charge < -0.3 is 26.2 Å². The Kier molecular flexibility index (Phi) is 4.90. The highest BCUT2D eigenvalue weighted by atomic mass is 16.5. The minimum absolute atomic E-state index is 0.0297. The standard InChI is InChI=1S/C10H17N3O5/c1-18-6-2-5(3-6)12-10(17)13-7(9(15)16)4-8(11)14/h5-7H,2-4H2,1H3,(H2,11,14)(H,15,16)(H2,12,13,17)/t5?,6?,7-/m1/s1. The summed E-state index contributed by atoms with van der Waals surface area (Å²) in [7, 11) is 1.59. The van der Waals surface area contributed by atoms with Crippen LogP contribution in [0.3, 0.4) is 0 Å². The third-order valence-electron chi connectivity index (χ3n) is 2.77. The maximum atomic E-state index is 11.5. The molecular weight excluding hydrogens is 242 g/mol. The van der Waals surface area contributed by atoms with Crippen LogP contribution in [0.5, 0.6) is 0 Å². The van der Waals surface area contributed by atoms with E-state index in [0.29, 0.717) is 12.8 Å². The Bertz CT molecular complexity index is 340. The van der Waals surface area contributed by atoms with Gasteiger partial charge in [0.05, 0.1) is 12.5 Å². The van der Waals surface area contributed by atoms with E-state index < -0.39 is 30.4 Å². The third kappa shape index (κ3) is 4.21. The van der Waals surface area contributed by atoms with Gasteiger partial charge >= 0.3 is 12.0 Å². The lowest BCUT2D eigenvalue weighted by Gasteiger charge is -2.34. The third-order valence-corrected chi connectivity index (χ3v) is 2.77. The van der Waals surface area contributed by atoms with E-state index >= 15 is 0 Å². The van der Waals surface area contributed by atoms with Gasteiger partial charge in [-0.15, -0.1) is 0 Å². The first-order valence-electron chi connectivity index (χ1n) is 5.53. The number of nitrogens with two attached hydrogens (primary N) is 1. The molecular formula is C10H17N3O5. The van der Waals surface area contributed by atoms with Crippen molar-refractivity contribution in [2.75, 3.05) is 7.11 Å². The number of ether oxygens (including phenoxy) is 1. The molecule has 8 nitrogen and oxygen atoms in total. The van der Waals surface area contributed by atoms with Gasteiger partial charge in [0.15, 0.2) is 0 Å². The normalized spacial score (nSPS) is 23.6. The molecule has 1 aliphatic rings. The van der Waals surface area contributed by atoms with Crippen LogP contribution in [-0.2, 0) is 14.3 Å². The Morgan fingerprint density at radius 1 is 1.44 bits per heavy atom. The minimum Gasteiger partial charge on any atom is -0.480 e. The van der Waals surface area contributed by atoms with Crippen LogP contribution >= 0.6 is 0 Å². The fourth-order valence-electron chi connectivity index (χ4n) is 1.66. The number of amides is 3. The van der Waals surface area contributed by atoms with E-state index in [1.165, 1.54) is 0 Å². The number of carbonyl (C=O) groups excluding carboxylic acids is 2. The second-order valence-electron chi connectivity index (χ2n) is 4.21. The second-order valence-corrected chi connectivity index (χ2v) is 4.21. The van der Waals surface area contributed by atoms with Crippen LogP contribution in [0, 0.1) is 0 Å². The van der Waals surface area contributed by atoms with Crippen molar-refractivity contribution in [2.45, 2.75) is 37.5 Å². The van der Waals surface area contributed by atoms with Crippen LogP contribution in [0.2, 0.25) is 0 Å². The van der Waals surface area contributed by atoms with Gasteiger partial charge in [-0.3, -0.25) is 4.79 Å². The summed E-state index contributed by atoms with van der Waals surface area (Å²) in [5.41, 5.74) is 4.89. The molecule has 0 spiro atoms. The van der Waals surface area contributed by atoms with Crippen LogP contribution in [0.25, 0.3) is 0 Å². The second kappa shape index (κ2) is 6.20. The van der Waals surface area contributed by atoms with Crippen LogP contribution in [0.1, 0.15) is 19.3 Å². The molecule has 1 aliphatic carbocycles. The van der Waals surface area contributed by atoms with Gasteiger partial charge in [0, 0.05) is 13.2 Å². The van der Waals surface area contributed by atoms with E-state index in [1.807, 2.05) is 0 Å². The summed E-state index contributed by atoms with van der Waals surface area (Å²) in [5.74, 6) is -2.09. The summed E-state index contributed by atoms with van der Waals surface area (Å²) in [6.07, 6.45) is 1.08. The molecule has 18 heavy (non-hydrogen) atoms. The number of aliphatic carboxylic acids is 1. The zero-order valence-electron chi connectivity index (χ0n) is 10.0. The largest absolute Gasteiger partial charge is 0.480 e. The summed E-state index contributed by atoms with van der Waals surface area (Å²) in [6, 6.07) is -1.96. The maximum Gasteiger partial charge on any atom is 0.326 e. The zero-order chi connectivity index (χ0) is 13.7. The molecule has 1 rings (SSSR count). The van der Waals surface area contributed by atoms with Gasteiger partial charge in [0.1, 0.15) is 6.04 Å². The Labute approximate surface area is 104 Å². The van der Waals surface area contributed by atoms with Crippen molar-refractivity contribution in [3.8, 4) is 0 Å². The van der Waals surface area contributed by atoms with Crippen molar-refractivity contribution in [1.29, 1.82) is 0 Å². The van der Waals surface area contributed by atoms with Crippen molar-refractivity contribution in [3.63, 3.8) is 0 Å². The molecule has 0 heterocycles. The molecule has 0 bridgehead atoms. The summed E-state index contributed by atoms with van der Waals surface area (Å²) in [4.78, 5) is 32.9. The number of carboxylic acids is 1. The van der Waals surface area contributed by atoms with Gasteiger partial charge in [-0.05, 0) is 12.8 Å². The van der Waals surface area contributed by atoms with E-state index in [1.54, 1.807) is 7.11 Å². The quantitative estimate of drug-likeness (QED) is 0.475. The Hall–Kier alpha value is -1.83. The first-order chi connectivity index (χ1) is 8.42. The SMILES string of the molecule is COC1CC(NC(=O)N[C@H](CC(N)=O)C(=O)O)C1. The molecule has 0 radical (unpaired) electrons. The van der Waals surface area contributed by atoms with Crippen molar-refractivity contribution < 1.29 is 24.2 Å². The number of hydrogen-bond donors (Lipinski definition) is 4. The number of hydrogen-bond acceptors (Lipinski definition) is 4. The Morgan fingerprint density at radius 3 is 2.50 bits per heavy atom. The Morgan fingerprint density at radius 2 is 2.06 bits per heavy atom. The number of urea groups is 1. The monoisotopic (exact) mass is 259 g/mol. The number of nitrogens with one attached hydrogen (secondary N) is 2. The predicted octanol–water partition coefficient (Wildman–Crippen LogP) is -1.21. The first-order valence-corrected chi connectivity index (χ1v) is 5.53. The topological polar surface area (TPSA) is 131 Å². The molecule has 0 aromatic rings. The molecule has 1 fully saturated rings. The van der Waals surface area contributed by atoms with Gasteiger partial charge in [-0.25, -0.2) is 9.59 Å². The molecule has 102 valence electrons. The zero-order valence-corrected chi connectivity index (χ0v) is 10.0. The first kappa shape index (κ1) is 14.2. The van der Waals surface area contributed by atoms with Gasteiger partial charge in [-0.1, -0.05) is 0 Å². The van der Waals surface area contributed by atoms with E-state index in [2.05, 4.69) is 10.6 Å². The van der Waals surface area contributed by atoms with Crippen LogP contribution < -0.4 is 16.4 Å². The number of rotatable bonds is 6. The lowest BCUT2D eigenvalue weighted by molar-refractivity contribution is -0.140. The smallest absolute Gasteiger partial charge is 0.326 e. The maximum absolute atomic E-state index is 11.5. The number of methoxy groups -OCH3 is 1. The molecule has 5 N–H and O–H groups in total. The molecule has 1 atom stereocenters. The summed E-state index contributed by atoms with van der Waals surface area (Å²) >= 11 is 0. The fourth-order valence-corrected chi connectivity index (χ4v) is 1.66. The fraction of sp³-hybridized carbons (Fsp3) is 0.700. The highest BCUT2D eigenvalue weighted by molar-refractivity contribution is 5.87. The van der Waals surface area contributed by atoms with Crippen molar-refractivity contribution in [2.24, 2.45) is 5.73 Å². The molecule has 8 heteroatoms. The van der Waals surface area contributed by atoms with Gasteiger partial charge in [0.25, 0.3) is 0 Å². The number of carbonyl (C=O) groups is 3. The summed E-state index contributed by atoms with van der Waals surface area (Å²) < 4.78 is 5.04. The molecule has 0 saturated heterocycles. The highest BCUT2D eigenvalue weighted by Crippen LogP contribution is 2.22. The molecule has 3 amide bonds. The molecule has 1 saturated carbocycles. The van der Waals surface area contributed by atoms with Crippen molar-refractivity contribution in [1.82, 2.24) is 10.6 Å². The van der Waals surface area contributed by atoms with Crippen LogP contribution in [0.15, 0.2) is 0 Å². The van der Waals surface area contributed by atoms with Crippen molar-refractivity contribution >= 4 is 17.9 Å². The average molecular weight is 259 g/mol. The number of primary amides is 1. The van der Waals surface area contributed by atoms with Gasteiger partial charge in [0.2, 0.25) is 5.91 Å². The number of carboxylic acid groups (broad SMARTS) is 1. The summed E-state index contributed by atoms with van der Waals surface area (Å²) in [5, 5.41) is 13.6. The van der Waals surface area contributed by atoms with Gasteiger partial charge in [-0.2, -0.15) is 0 Å².